The molecule has 0 fully saturated rings. The van der Waals surface area contributed by atoms with E-state index in [2.05, 4.69) is 17.6 Å². The molecule has 0 heterocycles. The Labute approximate surface area is 169 Å². The van der Waals surface area contributed by atoms with Crippen molar-refractivity contribution in [1.29, 1.82) is 0 Å². The first kappa shape index (κ1) is 23.8. The lowest BCUT2D eigenvalue weighted by Gasteiger charge is -2.14. The Bertz CT molecular complexity index is 584. The van der Waals surface area contributed by atoms with Crippen LogP contribution in [0.1, 0.15) is 88.4 Å². The molecule has 158 valence electrons. The van der Waals surface area contributed by atoms with Crippen LogP contribution in [0, 0.1) is 0 Å². The van der Waals surface area contributed by atoms with Crippen LogP contribution in [0.15, 0.2) is 18.2 Å². The fraction of sp³-hybridized carbons (Fsp3) is 0.636. The zero-order valence-corrected chi connectivity index (χ0v) is 17.6. The van der Waals surface area contributed by atoms with Gasteiger partial charge in [-0.25, -0.2) is 0 Å². The fourth-order valence-corrected chi connectivity index (χ4v) is 3.13. The Hall–Kier alpha value is -2.24. The van der Waals surface area contributed by atoms with Crippen molar-refractivity contribution in [3.63, 3.8) is 0 Å². The first-order valence-corrected chi connectivity index (χ1v) is 10.7. The summed E-state index contributed by atoms with van der Waals surface area (Å²) in [5.74, 6) is -0.540. The van der Waals surface area contributed by atoms with Crippen LogP contribution >= 0.6 is 0 Å². The molecule has 0 saturated carbocycles. The summed E-state index contributed by atoms with van der Waals surface area (Å²) < 4.78 is 0. The number of hydrogen-bond donors (Lipinski definition) is 4. The molecule has 0 aliphatic heterocycles. The standard InChI is InChI=1S/C22H38N4O2/c1-3-4-5-6-7-8-9-10-11-12-13-25-21(27)17(2)26-22(28)18-14-19(23)16-20(24)15-18/h14-17H,3-13,23-24H2,1-2H3,(H,25,27)(H,26,28)/t17-/m0/s1. The van der Waals surface area contributed by atoms with Crippen LogP contribution < -0.4 is 22.1 Å². The Morgan fingerprint density at radius 1 is 0.857 bits per heavy atom. The van der Waals surface area contributed by atoms with E-state index in [-0.39, 0.29) is 11.8 Å². The van der Waals surface area contributed by atoms with E-state index in [1.165, 1.54) is 51.4 Å². The van der Waals surface area contributed by atoms with E-state index >= 15 is 0 Å². The molecule has 1 atom stereocenters. The van der Waals surface area contributed by atoms with Gasteiger partial charge < -0.3 is 22.1 Å². The maximum absolute atomic E-state index is 12.2. The first-order chi connectivity index (χ1) is 13.4. The van der Waals surface area contributed by atoms with E-state index in [0.717, 1.165) is 12.8 Å². The number of carbonyl (C=O) groups is 2. The van der Waals surface area contributed by atoms with Gasteiger partial charge in [0.05, 0.1) is 0 Å². The van der Waals surface area contributed by atoms with E-state index < -0.39 is 6.04 Å². The molecule has 28 heavy (non-hydrogen) atoms. The maximum Gasteiger partial charge on any atom is 0.252 e. The molecule has 6 heteroatoms. The fourth-order valence-electron chi connectivity index (χ4n) is 3.13. The summed E-state index contributed by atoms with van der Waals surface area (Å²) in [7, 11) is 0. The predicted octanol–water partition coefficient (Wildman–Crippen LogP) is 4.01. The third-order valence-corrected chi connectivity index (χ3v) is 4.81. The molecule has 0 spiro atoms. The number of hydrogen-bond acceptors (Lipinski definition) is 4. The predicted molar refractivity (Wildman–Crippen MR) is 117 cm³/mol. The number of nitrogens with two attached hydrogens (primary N) is 2. The van der Waals surface area contributed by atoms with Crippen molar-refractivity contribution in [1.82, 2.24) is 10.6 Å². The molecule has 6 N–H and O–H groups in total. The lowest BCUT2D eigenvalue weighted by Crippen LogP contribution is -2.45. The first-order valence-electron chi connectivity index (χ1n) is 10.7. The number of nitrogens with one attached hydrogen (secondary N) is 2. The molecule has 0 aliphatic carbocycles. The minimum atomic E-state index is -0.613. The molecule has 1 rings (SSSR count). The van der Waals surface area contributed by atoms with Crippen molar-refractivity contribution in [3.8, 4) is 0 Å². The molecule has 0 radical (unpaired) electrons. The second kappa shape index (κ2) is 13.9. The number of benzene rings is 1. The van der Waals surface area contributed by atoms with E-state index in [4.69, 9.17) is 11.5 Å². The van der Waals surface area contributed by atoms with Gasteiger partial charge in [0, 0.05) is 23.5 Å². The molecule has 2 amide bonds. The van der Waals surface area contributed by atoms with Gasteiger partial charge in [-0.05, 0) is 31.5 Å². The zero-order valence-electron chi connectivity index (χ0n) is 17.6. The van der Waals surface area contributed by atoms with Gasteiger partial charge in [0.25, 0.3) is 5.91 Å². The lowest BCUT2D eigenvalue weighted by atomic mass is 10.1. The summed E-state index contributed by atoms with van der Waals surface area (Å²) in [6.45, 7) is 4.55. The van der Waals surface area contributed by atoms with Crippen molar-refractivity contribution in [2.24, 2.45) is 0 Å². The van der Waals surface area contributed by atoms with Crippen LogP contribution in [-0.2, 0) is 4.79 Å². The number of rotatable bonds is 14. The smallest absolute Gasteiger partial charge is 0.252 e. The van der Waals surface area contributed by atoms with Gasteiger partial charge in [0.15, 0.2) is 0 Å². The second-order valence-electron chi connectivity index (χ2n) is 7.56. The number of nitrogen functional groups attached to an aromatic ring is 2. The summed E-state index contributed by atoms with van der Waals surface area (Å²) >= 11 is 0. The second-order valence-corrected chi connectivity index (χ2v) is 7.56. The lowest BCUT2D eigenvalue weighted by molar-refractivity contribution is -0.122. The molecular weight excluding hydrogens is 352 g/mol. The third kappa shape index (κ3) is 10.2. The highest BCUT2D eigenvalue weighted by molar-refractivity contribution is 5.98. The van der Waals surface area contributed by atoms with E-state index in [0.29, 0.717) is 23.5 Å². The van der Waals surface area contributed by atoms with Gasteiger partial charge in [-0.2, -0.15) is 0 Å². The Morgan fingerprint density at radius 2 is 1.36 bits per heavy atom. The van der Waals surface area contributed by atoms with Crippen LogP contribution in [0.5, 0.6) is 0 Å². The summed E-state index contributed by atoms with van der Waals surface area (Å²) in [5.41, 5.74) is 12.6. The van der Waals surface area contributed by atoms with E-state index in [1.54, 1.807) is 25.1 Å². The van der Waals surface area contributed by atoms with Crippen molar-refractivity contribution in [3.05, 3.63) is 23.8 Å². The zero-order chi connectivity index (χ0) is 20.8. The van der Waals surface area contributed by atoms with Crippen molar-refractivity contribution in [2.45, 2.75) is 84.1 Å². The van der Waals surface area contributed by atoms with Gasteiger partial charge in [-0.3, -0.25) is 9.59 Å². The molecular formula is C22H38N4O2. The van der Waals surface area contributed by atoms with Crippen molar-refractivity contribution < 1.29 is 9.59 Å². The van der Waals surface area contributed by atoms with Crippen LogP contribution in [0.2, 0.25) is 0 Å². The number of carbonyl (C=O) groups excluding carboxylic acids is 2. The van der Waals surface area contributed by atoms with Gasteiger partial charge in [-0.1, -0.05) is 64.7 Å². The molecule has 0 unspecified atom stereocenters. The summed E-state index contributed by atoms with van der Waals surface area (Å²) in [6, 6.07) is 4.05. The molecule has 6 nitrogen and oxygen atoms in total. The largest absolute Gasteiger partial charge is 0.399 e. The normalized spacial score (nSPS) is 11.8. The number of anilines is 2. The van der Waals surface area contributed by atoms with Crippen molar-refractivity contribution in [2.75, 3.05) is 18.0 Å². The van der Waals surface area contributed by atoms with Crippen LogP contribution in [-0.4, -0.2) is 24.4 Å². The Kier molecular flexibility index (Phi) is 11.8. The monoisotopic (exact) mass is 390 g/mol. The van der Waals surface area contributed by atoms with Crippen LogP contribution in [0.25, 0.3) is 0 Å². The van der Waals surface area contributed by atoms with Gasteiger partial charge >= 0.3 is 0 Å². The topological polar surface area (TPSA) is 110 Å². The molecule has 1 aromatic carbocycles. The minimum Gasteiger partial charge on any atom is -0.399 e. The highest BCUT2D eigenvalue weighted by atomic mass is 16.2. The quantitative estimate of drug-likeness (QED) is 0.284. The Morgan fingerprint density at radius 3 is 1.89 bits per heavy atom. The maximum atomic E-state index is 12.2. The minimum absolute atomic E-state index is 0.179. The molecule has 0 aromatic heterocycles. The van der Waals surface area contributed by atoms with Crippen molar-refractivity contribution >= 4 is 23.2 Å². The average molecular weight is 391 g/mol. The number of amides is 2. The average Bonchev–Trinajstić information content (AvgIpc) is 2.65. The summed E-state index contributed by atoms with van der Waals surface area (Å²) in [5, 5.41) is 5.56. The Balaban J connectivity index is 2.12. The molecule has 1 aromatic rings. The van der Waals surface area contributed by atoms with E-state index in [9.17, 15) is 9.59 Å². The molecule has 0 aliphatic rings. The summed E-state index contributed by atoms with van der Waals surface area (Å²) in [4.78, 5) is 24.4. The van der Waals surface area contributed by atoms with Gasteiger partial charge in [-0.15, -0.1) is 0 Å². The molecule has 0 saturated heterocycles. The van der Waals surface area contributed by atoms with Gasteiger partial charge in [0.2, 0.25) is 5.91 Å². The summed E-state index contributed by atoms with van der Waals surface area (Å²) in [6.07, 6.45) is 12.6. The highest BCUT2D eigenvalue weighted by Gasteiger charge is 2.16. The van der Waals surface area contributed by atoms with E-state index in [1.807, 2.05) is 0 Å². The van der Waals surface area contributed by atoms with Crippen LogP contribution in [0.3, 0.4) is 0 Å². The molecule has 0 bridgehead atoms. The highest BCUT2D eigenvalue weighted by Crippen LogP contribution is 2.13. The third-order valence-electron chi connectivity index (χ3n) is 4.81. The number of unbranched alkanes of at least 4 members (excludes halogenated alkanes) is 9. The SMILES string of the molecule is CCCCCCCCCCCCNC(=O)[C@H](C)NC(=O)c1cc(N)cc(N)c1. The van der Waals surface area contributed by atoms with Crippen LogP contribution in [0.4, 0.5) is 11.4 Å². The van der Waals surface area contributed by atoms with Gasteiger partial charge in [0.1, 0.15) is 6.04 Å².